The van der Waals surface area contributed by atoms with Crippen LogP contribution in [0.2, 0.25) is 0 Å². The minimum absolute atomic E-state index is 0.757. The lowest BCUT2D eigenvalue weighted by Gasteiger charge is -2.03. The third kappa shape index (κ3) is 2.22. The summed E-state index contributed by atoms with van der Waals surface area (Å²) < 4.78 is 0. The lowest BCUT2D eigenvalue weighted by Crippen LogP contribution is -1.96. The van der Waals surface area contributed by atoms with Crippen LogP contribution < -0.4 is 5.73 Å². The Kier molecular flexibility index (Phi) is 3.09. The average molecular weight is 164 g/mol. The molecule has 0 saturated carbocycles. The number of anilines is 1. The average Bonchev–Trinajstić information content (AvgIpc) is 2.03. The van der Waals surface area contributed by atoms with Crippen molar-refractivity contribution in [2.45, 2.75) is 33.1 Å². The largest absolute Gasteiger partial charge is 0.397 e. The molecule has 0 radical (unpaired) electrons. The lowest BCUT2D eigenvalue weighted by molar-refractivity contribution is 0.772. The number of nitrogen functional groups attached to an aromatic ring is 1. The van der Waals surface area contributed by atoms with Crippen molar-refractivity contribution in [2.75, 3.05) is 5.73 Å². The molecule has 2 nitrogen and oxygen atoms in total. The maximum atomic E-state index is 5.59. The number of pyridine rings is 1. The molecule has 1 rings (SSSR count). The Hall–Kier alpha value is -1.05. The normalized spacial score (nSPS) is 10.2. The van der Waals surface area contributed by atoms with Crippen LogP contribution in [0.1, 0.15) is 31.0 Å². The van der Waals surface area contributed by atoms with Gasteiger partial charge in [0, 0.05) is 5.69 Å². The predicted molar refractivity (Wildman–Crippen MR) is 52.0 cm³/mol. The molecule has 0 saturated heterocycles. The maximum absolute atomic E-state index is 5.59. The molecule has 1 aromatic rings. The predicted octanol–water partition coefficient (Wildman–Crippen LogP) is 2.31. The van der Waals surface area contributed by atoms with E-state index in [1.165, 1.54) is 24.1 Å². The van der Waals surface area contributed by atoms with Gasteiger partial charge >= 0.3 is 0 Å². The van der Waals surface area contributed by atoms with Gasteiger partial charge in [-0.25, -0.2) is 0 Å². The topological polar surface area (TPSA) is 38.9 Å². The zero-order valence-corrected chi connectivity index (χ0v) is 7.80. The second kappa shape index (κ2) is 4.10. The van der Waals surface area contributed by atoms with E-state index in [0.717, 1.165) is 12.1 Å². The summed E-state index contributed by atoms with van der Waals surface area (Å²) in [5.41, 5.74) is 8.75. The summed E-state index contributed by atoms with van der Waals surface area (Å²) >= 11 is 0. The van der Waals surface area contributed by atoms with Gasteiger partial charge in [-0.2, -0.15) is 0 Å². The van der Waals surface area contributed by atoms with E-state index in [9.17, 15) is 0 Å². The molecule has 12 heavy (non-hydrogen) atoms. The van der Waals surface area contributed by atoms with Crippen molar-refractivity contribution < 1.29 is 0 Å². The third-order valence-electron chi connectivity index (χ3n) is 1.97. The molecule has 0 fully saturated rings. The molecular formula is C10H16N2. The zero-order chi connectivity index (χ0) is 8.97. The molecule has 0 aliphatic rings. The molecule has 0 aromatic carbocycles. The summed E-state index contributed by atoms with van der Waals surface area (Å²) in [4.78, 5) is 4.29. The first kappa shape index (κ1) is 9.04. The molecule has 2 heteroatoms. The number of hydrogen-bond donors (Lipinski definition) is 1. The Morgan fingerprint density at radius 1 is 1.50 bits per heavy atom. The van der Waals surface area contributed by atoms with Gasteiger partial charge in [0.15, 0.2) is 0 Å². The van der Waals surface area contributed by atoms with Crippen LogP contribution in [0.15, 0.2) is 12.3 Å². The van der Waals surface area contributed by atoms with Crippen molar-refractivity contribution in [3.05, 3.63) is 23.5 Å². The highest BCUT2D eigenvalue weighted by Crippen LogP contribution is 2.11. The minimum Gasteiger partial charge on any atom is -0.397 e. The Bertz CT molecular complexity index is 256. The van der Waals surface area contributed by atoms with E-state index < -0.39 is 0 Å². The summed E-state index contributed by atoms with van der Waals surface area (Å²) in [6, 6.07) is 1.98. The highest BCUT2D eigenvalue weighted by molar-refractivity contribution is 5.39. The summed E-state index contributed by atoms with van der Waals surface area (Å²) in [6.07, 6.45) is 5.23. The van der Waals surface area contributed by atoms with Crippen LogP contribution in [0.5, 0.6) is 0 Å². The molecule has 1 aromatic heterocycles. The summed E-state index contributed by atoms with van der Waals surface area (Å²) in [5, 5.41) is 0. The van der Waals surface area contributed by atoms with Crippen molar-refractivity contribution in [1.82, 2.24) is 4.98 Å². The molecular weight excluding hydrogens is 148 g/mol. The fourth-order valence-electron chi connectivity index (χ4n) is 1.23. The molecule has 0 bridgehead atoms. The van der Waals surface area contributed by atoms with Crippen molar-refractivity contribution >= 4 is 5.69 Å². The van der Waals surface area contributed by atoms with Crippen LogP contribution >= 0.6 is 0 Å². The fourth-order valence-corrected chi connectivity index (χ4v) is 1.23. The number of rotatable bonds is 3. The fraction of sp³-hybridized carbons (Fsp3) is 0.500. The van der Waals surface area contributed by atoms with E-state index in [-0.39, 0.29) is 0 Å². The highest BCUT2D eigenvalue weighted by Gasteiger charge is 1.98. The minimum atomic E-state index is 0.757. The summed E-state index contributed by atoms with van der Waals surface area (Å²) in [6.45, 7) is 4.25. The van der Waals surface area contributed by atoms with Crippen molar-refractivity contribution in [2.24, 2.45) is 0 Å². The van der Waals surface area contributed by atoms with Crippen LogP contribution in [0, 0.1) is 6.92 Å². The van der Waals surface area contributed by atoms with Crippen LogP contribution in [0.25, 0.3) is 0 Å². The molecule has 0 amide bonds. The van der Waals surface area contributed by atoms with Crippen molar-refractivity contribution in [3.8, 4) is 0 Å². The molecule has 1 heterocycles. The molecule has 66 valence electrons. The number of aryl methyl sites for hydroxylation is 2. The number of unbranched alkanes of at least 4 members (excludes halogenated alkanes) is 1. The monoisotopic (exact) mass is 164 g/mol. The van der Waals surface area contributed by atoms with Gasteiger partial charge in [0.05, 0.1) is 11.9 Å². The van der Waals surface area contributed by atoms with Crippen molar-refractivity contribution in [1.29, 1.82) is 0 Å². The first-order chi connectivity index (χ1) is 5.74. The molecule has 0 aliphatic heterocycles. The number of nitrogens with two attached hydrogens (primary N) is 1. The van der Waals surface area contributed by atoms with Gasteiger partial charge in [0.1, 0.15) is 0 Å². The maximum Gasteiger partial charge on any atom is 0.0503 e. The van der Waals surface area contributed by atoms with E-state index in [1.807, 2.05) is 6.07 Å². The smallest absolute Gasteiger partial charge is 0.0503 e. The molecule has 0 unspecified atom stereocenters. The van der Waals surface area contributed by atoms with Gasteiger partial charge in [-0.1, -0.05) is 13.3 Å². The van der Waals surface area contributed by atoms with E-state index >= 15 is 0 Å². The second-order valence-corrected chi connectivity index (χ2v) is 3.14. The Labute approximate surface area is 73.8 Å². The van der Waals surface area contributed by atoms with E-state index in [0.29, 0.717) is 0 Å². The Morgan fingerprint density at radius 2 is 2.25 bits per heavy atom. The van der Waals surface area contributed by atoms with Gasteiger partial charge in [-0.3, -0.25) is 4.98 Å². The standard InChI is InChI=1S/C10H16N2/c1-3-4-5-10-8(2)6-9(11)7-12-10/h6-7H,3-5,11H2,1-2H3. The SMILES string of the molecule is CCCCc1ncc(N)cc1C. The first-order valence-electron chi connectivity index (χ1n) is 4.45. The van der Waals surface area contributed by atoms with Gasteiger partial charge in [0.25, 0.3) is 0 Å². The Morgan fingerprint density at radius 3 is 2.83 bits per heavy atom. The molecule has 0 spiro atoms. The van der Waals surface area contributed by atoms with E-state index in [4.69, 9.17) is 5.73 Å². The second-order valence-electron chi connectivity index (χ2n) is 3.14. The van der Waals surface area contributed by atoms with Crippen LogP contribution in [0.3, 0.4) is 0 Å². The molecule has 0 aliphatic carbocycles. The molecule has 0 atom stereocenters. The van der Waals surface area contributed by atoms with Gasteiger partial charge in [0.2, 0.25) is 0 Å². The summed E-state index contributed by atoms with van der Waals surface area (Å²) in [5.74, 6) is 0. The third-order valence-corrected chi connectivity index (χ3v) is 1.97. The van der Waals surface area contributed by atoms with Crippen molar-refractivity contribution in [3.63, 3.8) is 0 Å². The number of hydrogen-bond acceptors (Lipinski definition) is 2. The quantitative estimate of drug-likeness (QED) is 0.744. The van der Waals surface area contributed by atoms with Gasteiger partial charge in [-0.15, -0.1) is 0 Å². The zero-order valence-electron chi connectivity index (χ0n) is 7.80. The van der Waals surface area contributed by atoms with Crippen LogP contribution in [-0.2, 0) is 6.42 Å². The molecule has 2 N–H and O–H groups in total. The summed E-state index contributed by atoms with van der Waals surface area (Å²) in [7, 11) is 0. The van der Waals surface area contributed by atoms with Crippen LogP contribution in [0.4, 0.5) is 5.69 Å². The number of aromatic nitrogens is 1. The first-order valence-corrected chi connectivity index (χ1v) is 4.45. The highest BCUT2D eigenvalue weighted by atomic mass is 14.7. The Balaban J connectivity index is 2.72. The van der Waals surface area contributed by atoms with Crippen LogP contribution in [-0.4, -0.2) is 4.98 Å². The van der Waals surface area contributed by atoms with E-state index in [2.05, 4.69) is 18.8 Å². The lowest BCUT2D eigenvalue weighted by atomic mass is 10.1. The van der Waals surface area contributed by atoms with Gasteiger partial charge in [-0.05, 0) is 31.4 Å². The van der Waals surface area contributed by atoms with E-state index in [1.54, 1.807) is 6.20 Å². The number of nitrogens with zero attached hydrogens (tertiary/aromatic N) is 1. The van der Waals surface area contributed by atoms with Gasteiger partial charge < -0.3 is 5.73 Å².